The first kappa shape index (κ1) is 14.9. The van der Waals surface area contributed by atoms with Crippen LogP contribution >= 0.6 is 11.6 Å². The van der Waals surface area contributed by atoms with Crippen LogP contribution in [0.25, 0.3) is 11.0 Å². The number of carbonyl (C=O) groups is 1. The van der Waals surface area contributed by atoms with Gasteiger partial charge in [-0.2, -0.15) is 0 Å². The fraction of sp³-hybridized carbons (Fsp3) is 0.375. The Bertz CT molecular complexity index is 837. The van der Waals surface area contributed by atoms with Crippen molar-refractivity contribution < 1.29 is 19.1 Å². The maximum atomic E-state index is 12.3. The highest BCUT2D eigenvalue weighted by atomic mass is 35.5. The van der Waals surface area contributed by atoms with Crippen molar-refractivity contribution in [3.8, 4) is 11.5 Å². The summed E-state index contributed by atoms with van der Waals surface area (Å²) in [6.07, 6.45) is 1.14. The first-order valence-electron chi connectivity index (χ1n) is 7.15. The van der Waals surface area contributed by atoms with Crippen LogP contribution < -0.4 is 10.4 Å². The highest BCUT2D eigenvalue weighted by Gasteiger charge is 2.30. The lowest BCUT2D eigenvalue weighted by atomic mass is 9.95. The second-order valence-corrected chi connectivity index (χ2v) is 5.84. The lowest BCUT2D eigenvalue weighted by Crippen LogP contribution is -2.24. The summed E-state index contributed by atoms with van der Waals surface area (Å²) in [5.41, 5.74) is 0.0562. The first-order valence-corrected chi connectivity index (χ1v) is 7.52. The summed E-state index contributed by atoms with van der Waals surface area (Å²) < 4.78 is 10.8. The Morgan fingerprint density at radius 1 is 1.41 bits per heavy atom. The lowest BCUT2D eigenvalue weighted by molar-refractivity contribution is 0.0871. The van der Waals surface area contributed by atoms with Gasteiger partial charge in [0.1, 0.15) is 28.2 Å². The molecule has 1 aromatic carbocycles. The molecule has 0 saturated carbocycles. The molecule has 2 heterocycles. The Kier molecular flexibility index (Phi) is 3.60. The number of ether oxygens (including phenoxy) is 1. The molecular formula is C16H15ClO5. The minimum Gasteiger partial charge on any atom is -0.507 e. The first-order chi connectivity index (χ1) is 10.4. The van der Waals surface area contributed by atoms with E-state index in [-0.39, 0.29) is 46.0 Å². The molecule has 5 nitrogen and oxygen atoms in total. The second-order valence-electron chi connectivity index (χ2n) is 5.46. The molecule has 1 aliphatic heterocycles. The molecule has 22 heavy (non-hydrogen) atoms. The quantitative estimate of drug-likeness (QED) is 0.857. The summed E-state index contributed by atoms with van der Waals surface area (Å²) in [5, 5.41) is 10.6. The fourth-order valence-electron chi connectivity index (χ4n) is 2.85. The van der Waals surface area contributed by atoms with E-state index in [0.29, 0.717) is 17.4 Å². The molecule has 1 unspecified atom stereocenters. The predicted molar refractivity (Wildman–Crippen MR) is 82.2 cm³/mol. The van der Waals surface area contributed by atoms with Gasteiger partial charge in [0, 0.05) is 12.5 Å². The number of phenolic OH excluding ortho intramolecular Hbond substituents is 1. The van der Waals surface area contributed by atoms with Crippen molar-refractivity contribution in [2.24, 2.45) is 0 Å². The minimum atomic E-state index is -0.711. The monoisotopic (exact) mass is 322 g/mol. The normalized spacial score (nSPS) is 17.4. The number of hydrogen-bond acceptors (Lipinski definition) is 5. The standard InChI is InChI=1S/C16H15ClO5/c1-3-4-8-12-10(19)6-11-13(9(18)5-7(2)21-11)15(12)22-16(20)14(8)17/h6-7,19H,3-5H2,1-2H3. The summed E-state index contributed by atoms with van der Waals surface area (Å²) in [6, 6.07) is 1.39. The maximum absolute atomic E-state index is 12.3. The van der Waals surface area contributed by atoms with Gasteiger partial charge in [0.2, 0.25) is 0 Å². The van der Waals surface area contributed by atoms with Crippen molar-refractivity contribution in [2.75, 3.05) is 0 Å². The number of ketones is 1. The minimum absolute atomic E-state index is 0.0536. The van der Waals surface area contributed by atoms with Gasteiger partial charge in [-0.25, -0.2) is 4.79 Å². The van der Waals surface area contributed by atoms with E-state index in [2.05, 4.69) is 0 Å². The predicted octanol–water partition coefficient (Wildman–Crippen LogP) is 3.46. The van der Waals surface area contributed by atoms with E-state index in [1.807, 2.05) is 6.92 Å². The third kappa shape index (κ3) is 2.16. The highest BCUT2D eigenvalue weighted by molar-refractivity contribution is 6.32. The van der Waals surface area contributed by atoms with E-state index >= 15 is 0 Å². The van der Waals surface area contributed by atoms with Crippen LogP contribution in [-0.4, -0.2) is 17.0 Å². The third-order valence-corrected chi connectivity index (χ3v) is 4.13. The number of aryl methyl sites for hydroxylation is 1. The molecule has 1 N–H and O–H groups in total. The third-order valence-electron chi connectivity index (χ3n) is 3.75. The van der Waals surface area contributed by atoms with Crippen molar-refractivity contribution in [1.82, 2.24) is 0 Å². The Morgan fingerprint density at radius 2 is 2.14 bits per heavy atom. The highest BCUT2D eigenvalue weighted by Crippen LogP contribution is 2.41. The van der Waals surface area contributed by atoms with Crippen LogP contribution in [0.2, 0.25) is 5.02 Å². The average molecular weight is 323 g/mol. The zero-order valence-corrected chi connectivity index (χ0v) is 13.0. The van der Waals surface area contributed by atoms with Crippen molar-refractivity contribution in [1.29, 1.82) is 0 Å². The number of hydrogen-bond donors (Lipinski definition) is 1. The molecule has 0 fully saturated rings. The number of halogens is 1. The molecule has 0 aliphatic carbocycles. The summed E-state index contributed by atoms with van der Waals surface area (Å²) in [6.45, 7) is 3.70. The van der Waals surface area contributed by atoms with Gasteiger partial charge in [-0.15, -0.1) is 0 Å². The van der Waals surface area contributed by atoms with Crippen LogP contribution in [0, 0.1) is 0 Å². The molecule has 3 rings (SSSR count). The number of benzene rings is 1. The molecule has 0 spiro atoms. The fourth-order valence-corrected chi connectivity index (χ4v) is 3.08. The molecule has 2 aromatic rings. The van der Waals surface area contributed by atoms with Gasteiger partial charge in [0.25, 0.3) is 0 Å². The zero-order chi connectivity index (χ0) is 16.0. The number of carbonyl (C=O) groups excluding carboxylic acids is 1. The molecule has 116 valence electrons. The van der Waals surface area contributed by atoms with E-state index < -0.39 is 5.63 Å². The number of Topliss-reactive ketones (excluding diaryl/α,β-unsaturated/α-hetero) is 1. The van der Waals surface area contributed by atoms with Gasteiger partial charge in [-0.1, -0.05) is 24.9 Å². The smallest absolute Gasteiger partial charge is 0.355 e. The lowest BCUT2D eigenvalue weighted by Gasteiger charge is -2.23. The molecule has 0 amide bonds. The molecule has 6 heteroatoms. The van der Waals surface area contributed by atoms with E-state index in [1.165, 1.54) is 6.07 Å². The Labute approximate surface area is 131 Å². The van der Waals surface area contributed by atoms with Crippen LogP contribution in [0.3, 0.4) is 0 Å². The summed E-state index contributed by atoms with van der Waals surface area (Å²) >= 11 is 6.03. The topological polar surface area (TPSA) is 76.7 Å². The van der Waals surface area contributed by atoms with Crippen LogP contribution in [0.5, 0.6) is 11.5 Å². The Hall–Kier alpha value is -2.01. The van der Waals surface area contributed by atoms with Gasteiger partial charge in [-0.05, 0) is 18.9 Å². The van der Waals surface area contributed by atoms with Gasteiger partial charge in [0.15, 0.2) is 11.4 Å². The Balaban J connectivity index is 2.45. The van der Waals surface area contributed by atoms with Crippen molar-refractivity contribution in [2.45, 2.75) is 39.2 Å². The maximum Gasteiger partial charge on any atom is 0.355 e. The molecule has 1 atom stereocenters. The number of rotatable bonds is 2. The SMILES string of the molecule is CCCc1c(Cl)c(=O)oc2c3c(cc(O)c12)OC(C)CC3=O. The van der Waals surface area contributed by atoms with Crippen LogP contribution in [0.15, 0.2) is 15.3 Å². The number of fused-ring (bicyclic) bond motifs is 3. The number of phenols is 1. The van der Waals surface area contributed by atoms with E-state index in [9.17, 15) is 14.7 Å². The van der Waals surface area contributed by atoms with Crippen molar-refractivity contribution in [3.05, 3.63) is 32.6 Å². The van der Waals surface area contributed by atoms with Crippen LogP contribution in [0.1, 0.15) is 42.6 Å². The summed E-state index contributed by atoms with van der Waals surface area (Å²) in [7, 11) is 0. The van der Waals surface area contributed by atoms with Gasteiger partial charge in [-0.3, -0.25) is 4.79 Å². The largest absolute Gasteiger partial charge is 0.507 e. The second kappa shape index (κ2) is 5.32. The summed E-state index contributed by atoms with van der Waals surface area (Å²) in [5.74, 6) is -0.0434. The number of aromatic hydroxyl groups is 1. The van der Waals surface area contributed by atoms with Crippen LogP contribution in [0.4, 0.5) is 0 Å². The molecule has 1 aromatic heterocycles. The average Bonchev–Trinajstić information content (AvgIpc) is 2.42. The molecule has 0 saturated heterocycles. The van der Waals surface area contributed by atoms with Gasteiger partial charge in [0.05, 0.1) is 5.39 Å². The van der Waals surface area contributed by atoms with E-state index in [0.717, 1.165) is 6.42 Å². The zero-order valence-electron chi connectivity index (χ0n) is 12.2. The molecule has 1 aliphatic rings. The summed E-state index contributed by atoms with van der Waals surface area (Å²) in [4.78, 5) is 24.3. The van der Waals surface area contributed by atoms with E-state index in [4.69, 9.17) is 20.8 Å². The Morgan fingerprint density at radius 3 is 2.82 bits per heavy atom. The van der Waals surface area contributed by atoms with Gasteiger partial charge < -0.3 is 14.3 Å². The van der Waals surface area contributed by atoms with Crippen molar-refractivity contribution in [3.63, 3.8) is 0 Å². The van der Waals surface area contributed by atoms with Crippen LogP contribution in [-0.2, 0) is 6.42 Å². The molecule has 0 bridgehead atoms. The molecular weight excluding hydrogens is 308 g/mol. The molecule has 0 radical (unpaired) electrons. The van der Waals surface area contributed by atoms with Gasteiger partial charge >= 0.3 is 5.63 Å². The van der Waals surface area contributed by atoms with E-state index in [1.54, 1.807) is 6.92 Å². The van der Waals surface area contributed by atoms with Crippen molar-refractivity contribution >= 4 is 28.4 Å².